The minimum atomic E-state index is -0.234. The molecular weight excluding hydrogens is 420 g/mol. The van der Waals surface area contributed by atoms with Gasteiger partial charge in [-0.1, -0.05) is 41.9 Å². The van der Waals surface area contributed by atoms with E-state index < -0.39 is 0 Å². The second-order valence-corrected chi connectivity index (χ2v) is 8.14. The first-order valence-corrected chi connectivity index (χ1v) is 10.4. The smallest absolute Gasteiger partial charge is 0.264 e. The second-order valence-electron chi connectivity index (χ2n) is 6.70. The van der Waals surface area contributed by atoms with Crippen LogP contribution in [0.4, 0.5) is 5.69 Å². The van der Waals surface area contributed by atoms with Gasteiger partial charge < -0.3 is 9.73 Å². The number of thioether (sulfide) groups is 1. The van der Waals surface area contributed by atoms with Gasteiger partial charge in [-0.05, 0) is 55.4 Å². The lowest BCUT2D eigenvalue weighted by molar-refractivity contribution is -0.115. The van der Waals surface area contributed by atoms with Crippen LogP contribution >= 0.6 is 23.4 Å². The van der Waals surface area contributed by atoms with Crippen molar-refractivity contribution < 1.29 is 14.0 Å². The fourth-order valence-electron chi connectivity index (χ4n) is 2.89. The van der Waals surface area contributed by atoms with Gasteiger partial charge in [-0.25, -0.2) is 4.99 Å². The van der Waals surface area contributed by atoms with Gasteiger partial charge in [0.2, 0.25) is 0 Å². The minimum absolute atomic E-state index is 0.0149. The van der Waals surface area contributed by atoms with Crippen LogP contribution in [0.2, 0.25) is 5.02 Å². The average molecular weight is 437 g/mol. The summed E-state index contributed by atoms with van der Waals surface area (Å²) < 4.78 is 5.86. The van der Waals surface area contributed by atoms with E-state index in [4.69, 9.17) is 16.0 Å². The normalized spacial score (nSPS) is 16.3. The first kappa shape index (κ1) is 20.2. The Labute approximate surface area is 182 Å². The first-order chi connectivity index (χ1) is 14.4. The van der Waals surface area contributed by atoms with E-state index in [9.17, 15) is 9.59 Å². The maximum absolute atomic E-state index is 12.3. The quantitative estimate of drug-likeness (QED) is 0.402. The molecule has 0 bridgehead atoms. The van der Waals surface area contributed by atoms with Crippen LogP contribution in [0, 0.1) is 6.92 Å². The molecule has 30 heavy (non-hydrogen) atoms. The van der Waals surface area contributed by atoms with Crippen LogP contribution in [0.15, 0.2) is 68.9 Å². The van der Waals surface area contributed by atoms with Crippen LogP contribution in [-0.4, -0.2) is 16.9 Å². The largest absolute Gasteiger partial charge is 0.457 e. The number of aliphatic imine (C=N–C) groups is 1. The van der Waals surface area contributed by atoms with E-state index in [0.29, 0.717) is 37.9 Å². The molecule has 0 radical (unpaired) electrons. The topological polar surface area (TPSA) is 71.7 Å². The molecule has 7 heteroatoms. The zero-order valence-corrected chi connectivity index (χ0v) is 17.8. The summed E-state index contributed by atoms with van der Waals surface area (Å²) >= 11 is 7.38. The highest BCUT2D eigenvalue weighted by Gasteiger charge is 2.24. The fourth-order valence-corrected chi connectivity index (χ4v) is 3.88. The number of carbonyl (C=O) groups excluding carboxylic acids is 2. The van der Waals surface area contributed by atoms with Crippen LogP contribution in [0.25, 0.3) is 17.4 Å². The SMILES string of the molecule is CC(=O)c1ccc(-c2ccc(/C=C3/SC(=Nc4cccc(Cl)c4C)NC3=O)o2)cc1. The Balaban J connectivity index is 1.54. The van der Waals surface area contributed by atoms with Crippen molar-refractivity contribution in [1.29, 1.82) is 0 Å². The summed E-state index contributed by atoms with van der Waals surface area (Å²) in [5.74, 6) is 0.991. The molecule has 4 rings (SSSR count). The fraction of sp³-hybridized carbons (Fsp3) is 0.0870. The molecule has 5 nitrogen and oxygen atoms in total. The Morgan fingerprint density at radius 2 is 1.90 bits per heavy atom. The van der Waals surface area contributed by atoms with Crippen molar-refractivity contribution in [2.45, 2.75) is 13.8 Å². The van der Waals surface area contributed by atoms with Crippen LogP contribution in [0.5, 0.6) is 0 Å². The number of Topliss-reactive ketones (excluding diaryl/α,β-unsaturated/α-hetero) is 1. The summed E-state index contributed by atoms with van der Waals surface area (Å²) in [5, 5.41) is 3.88. The number of hydrogen-bond donors (Lipinski definition) is 1. The number of furan rings is 1. The number of hydrogen-bond acceptors (Lipinski definition) is 5. The number of carbonyl (C=O) groups is 2. The lowest BCUT2D eigenvalue weighted by atomic mass is 10.1. The van der Waals surface area contributed by atoms with E-state index in [2.05, 4.69) is 10.3 Å². The van der Waals surface area contributed by atoms with Crippen LogP contribution < -0.4 is 5.32 Å². The van der Waals surface area contributed by atoms with Gasteiger partial charge in [0.15, 0.2) is 11.0 Å². The molecule has 0 unspecified atom stereocenters. The van der Waals surface area contributed by atoms with Gasteiger partial charge in [-0.2, -0.15) is 0 Å². The van der Waals surface area contributed by atoms with Crippen LogP contribution in [-0.2, 0) is 4.79 Å². The van der Waals surface area contributed by atoms with Gasteiger partial charge >= 0.3 is 0 Å². The first-order valence-electron chi connectivity index (χ1n) is 9.16. The van der Waals surface area contributed by atoms with E-state index in [1.807, 2.05) is 37.3 Å². The molecule has 1 aliphatic rings. The van der Waals surface area contributed by atoms with E-state index in [0.717, 1.165) is 11.1 Å². The van der Waals surface area contributed by atoms with Gasteiger partial charge in [0.1, 0.15) is 11.5 Å². The van der Waals surface area contributed by atoms with Gasteiger partial charge in [0.25, 0.3) is 5.91 Å². The predicted molar refractivity (Wildman–Crippen MR) is 121 cm³/mol. The minimum Gasteiger partial charge on any atom is -0.457 e. The average Bonchev–Trinajstić information content (AvgIpc) is 3.32. The summed E-state index contributed by atoms with van der Waals surface area (Å²) in [7, 11) is 0. The number of ketones is 1. The molecule has 0 atom stereocenters. The third-order valence-corrected chi connectivity index (χ3v) is 5.91. The molecule has 0 aliphatic carbocycles. The predicted octanol–water partition coefficient (Wildman–Crippen LogP) is 6.00. The summed E-state index contributed by atoms with van der Waals surface area (Å²) in [4.78, 5) is 28.7. The zero-order chi connectivity index (χ0) is 21.3. The molecule has 1 fully saturated rings. The molecule has 1 aromatic heterocycles. The van der Waals surface area contributed by atoms with Crippen molar-refractivity contribution >= 4 is 52.0 Å². The lowest BCUT2D eigenvalue weighted by Gasteiger charge is -2.02. The standard InChI is InChI=1S/C23H17ClN2O3S/c1-13-18(24)4-3-5-19(13)25-23-26-22(28)21(30-23)12-17-10-11-20(29-17)16-8-6-15(7-9-16)14(2)27/h3-12H,1-2H3,(H,25,26,28)/b21-12+. The van der Waals surface area contributed by atoms with E-state index in [1.54, 1.807) is 30.3 Å². The molecule has 1 saturated heterocycles. The highest BCUT2D eigenvalue weighted by molar-refractivity contribution is 8.18. The number of halogens is 1. The number of benzene rings is 2. The third-order valence-electron chi connectivity index (χ3n) is 4.59. The van der Waals surface area contributed by atoms with Crippen molar-refractivity contribution in [3.63, 3.8) is 0 Å². The van der Waals surface area contributed by atoms with Crippen molar-refractivity contribution in [3.8, 4) is 11.3 Å². The summed E-state index contributed by atoms with van der Waals surface area (Å²) in [6.07, 6.45) is 1.68. The number of amides is 1. The van der Waals surface area contributed by atoms with E-state index in [-0.39, 0.29) is 11.7 Å². The second kappa shape index (κ2) is 8.34. The highest BCUT2D eigenvalue weighted by Crippen LogP contribution is 2.32. The van der Waals surface area contributed by atoms with Crippen molar-refractivity contribution in [3.05, 3.63) is 81.4 Å². The maximum Gasteiger partial charge on any atom is 0.264 e. The molecule has 0 saturated carbocycles. The number of rotatable bonds is 4. The molecule has 1 N–H and O–H groups in total. The number of amidine groups is 1. The van der Waals surface area contributed by atoms with Crippen LogP contribution in [0.1, 0.15) is 28.6 Å². The van der Waals surface area contributed by atoms with Crippen LogP contribution in [0.3, 0.4) is 0 Å². The Morgan fingerprint density at radius 3 is 2.63 bits per heavy atom. The summed E-state index contributed by atoms with van der Waals surface area (Å²) in [5.41, 5.74) is 3.06. The molecule has 3 aromatic rings. The Bertz CT molecular complexity index is 1210. The summed E-state index contributed by atoms with van der Waals surface area (Å²) in [6, 6.07) is 16.3. The van der Waals surface area contributed by atoms with Gasteiger partial charge in [-0.3, -0.25) is 9.59 Å². The van der Waals surface area contributed by atoms with E-state index >= 15 is 0 Å². The number of nitrogens with zero attached hydrogens (tertiary/aromatic N) is 1. The number of nitrogens with one attached hydrogen (secondary N) is 1. The highest BCUT2D eigenvalue weighted by atomic mass is 35.5. The molecule has 2 aromatic carbocycles. The van der Waals surface area contributed by atoms with Crippen molar-refractivity contribution in [2.75, 3.05) is 0 Å². The van der Waals surface area contributed by atoms with Crippen molar-refractivity contribution in [1.82, 2.24) is 5.32 Å². The molecule has 2 heterocycles. The molecule has 150 valence electrons. The Kier molecular flexibility index (Phi) is 5.61. The monoisotopic (exact) mass is 436 g/mol. The zero-order valence-electron chi connectivity index (χ0n) is 16.2. The Hall–Kier alpha value is -3.09. The summed E-state index contributed by atoms with van der Waals surface area (Å²) in [6.45, 7) is 3.41. The molecule has 1 aliphatic heterocycles. The Morgan fingerprint density at radius 1 is 1.13 bits per heavy atom. The van der Waals surface area contributed by atoms with Gasteiger partial charge in [-0.15, -0.1) is 0 Å². The lowest BCUT2D eigenvalue weighted by Crippen LogP contribution is -2.19. The van der Waals surface area contributed by atoms with Crippen molar-refractivity contribution in [2.24, 2.45) is 4.99 Å². The molecule has 1 amide bonds. The third kappa shape index (κ3) is 4.25. The van der Waals surface area contributed by atoms with Gasteiger partial charge in [0.05, 0.1) is 10.6 Å². The molecule has 0 spiro atoms. The molecular formula is C23H17ClN2O3S. The maximum atomic E-state index is 12.3. The van der Waals surface area contributed by atoms with E-state index in [1.165, 1.54) is 18.7 Å². The van der Waals surface area contributed by atoms with Gasteiger partial charge in [0, 0.05) is 22.2 Å².